The highest BCUT2D eigenvalue weighted by Crippen LogP contribution is 2.46. The van der Waals surface area contributed by atoms with Crippen molar-refractivity contribution in [1.82, 2.24) is 9.80 Å². The van der Waals surface area contributed by atoms with Crippen molar-refractivity contribution in [3.8, 4) is 5.75 Å². The van der Waals surface area contributed by atoms with Crippen molar-refractivity contribution in [1.29, 1.82) is 0 Å². The number of hydrogen-bond acceptors (Lipinski definition) is 4. The number of hydrogen-bond donors (Lipinski definition) is 0. The first-order valence-electron chi connectivity index (χ1n) is 12.0. The molecule has 31 heavy (non-hydrogen) atoms. The molecule has 0 bridgehead atoms. The summed E-state index contributed by atoms with van der Waals surface area (Å²) < 4.78 is 12.0. The van der Waals surface area contributed by atoms with Crippen LogP contribution >= 0.6 is 0 Å². The molecule has 4 nitrogen and oxygen atoms in total. The van der Waals surface area contributed by atoms with Gasteiger partial charge in [0.25, 0.3) is 0 Å². The molecule has 0 aromatic heterocycles. The van der Waals surface area contributed by atoms with E-state index in [-0.39, 0.29) is 5.60 Å². The van der Waals surface area contributed by atoms with Crippen LogP contribution in [0.1, 0.15) is 36.8 Å². The molecule has 2 aliphatic heterocycles. The van der Waals surface area contributed by atoms with Gasteiger partial charge in [-0.05, 0) is 74.4 Å². The van der Waals surface area contributed by atoms with Crippen LogP contribution in [0.15, 0.2) is 54.6 Å². The highest BCUT2D eigenvalue weighted by molar-refractivity contribution is 5.27. The lowest BCUT2D eigenvalue weighted by Crippen LogP contribution is -2.52. The van der Waals surface area contributed by atoms with Crippen molar-refractivity contribution >= 4 is 0 Å². The van der Waals surface area contributed by atoms with E-state index in [1.54, 1.807) is 7.11 Å². The monoisotopic (exact) mass is 420 g/mol. The van der Waals surface area contributed by atoms with Gasteiger partial charge < -0.3 is 14.4 Å². The Balaban J connectivity index is 1.14. The number of morpholine rings is 1. The summed E-state index contributed by atoms with van der Waals surface area (Å²) in [5.41, 5.74) is 2.97. The lowest BCUT2D eigenvalue weighted by molar-refractivity contribution is -0.132. The zero-order valence-corrected chi connectivity index (χ0v) is 18.8. The van der Waals surface area contributed by atoms with Crippen LogP contribution in [0.25, 0.3) is 0 Å². The lowest BCUT2D eigenvalue weighted by atomic mass is 9.89. The third-order valence-corrected chi connectivity index (χ3v) is 7.44. The molecule has 2 heterocycles. The summed E-state index contributed by atoms with van der Waals surface area (Å²) in [7, 11) is 1.73. The van der Waals surface area contributed by atoms with Crippen LogP contribution < -0.4 is 4.74 Å². The number of likely N-dealkylation sites (tertiary alicyclic amines) is 1. The second-order valence-corrected chi connectivity index (χ2v) is 9.77. The van der Waals surface area contributed by atoms with Gasteiger partial charge in [0.15, 0.2) is 0 Å². The Morgan fingerprint density at radius 3 is 2.35 bits per heavy atom. The maximum Gasteiger partial charge on any atom is 0.118 e. The minimum atomic E-state index is 0.153. The topological polar surface area (TPSA) is 24.9 Å². The lowest BCUT2D eigenvalue weighted by Gasteiger charge is -2.44. The minimum Gasteiger partial charge on any atom is -0.497 e. The van der Waals surface area contributed by atoms with E-state index in [9.17, 15) is 0 Å². The second kappa shape index (κ2) is 9.32. The number of piperidine rings is 1. The smallest absolute Gasteiger partial charge is 0.118 e. The van der Waals surface area contributed by atoms with Crippen molar-refractivity contribution in [3.05, 3.63) is 65.7 Å². The molecule has 5 rings (SSSR count). The molecule has 2 saturated heterocycles. The molecule has 2 aromatic rings. The zero-order chi connectivity index (χ0) is 21.1. The molecule has 1 saturated carbocycles. The predicted molar refractivity (Wildman–Crippen MR) is 124 cm³/mol. The summed E-state index contributed by atoms with van der Waals surface area (Å²) in [5, 5.41) is 0. The molecular weight excluding hydrogens is 384 g/mol. The Morgan fingerprint density at radius 2 is 1.68 bits per heavy atom. The first-order valence-corrected chi connectivity index (χ1v) is 12.0. The van der Waals surface area contributed by atoms with Crippen LogP contribution in [0.4, 0.5) is 0 Å². The van der Waals surface area contributed by atoms with E-state index in [1.807, 2.05) is 0 Å². The van der Waals surface area contributed by atoms with E-state index in [1.165, 1.54) is 56.4 Å². The van der Waals surface area contributed by atoms with Gasteiger partial charge in [0.2, 0.25) is 0 Å². The summed E-state index contributed by atoms with van der Waals surface area (Å²) in [6.45, 7) is 6.77. The Kier molecular flexibility index (Phi) is 6.31. The molecular formula is C27H36N2O2. The van der Waals surface area contributed by atoms with Crippen LogP contribution in [0, 0.1) is 5.92 Å². The first kappa shape index (κ1) is 21.0. The van der Waals surface area contributed by atoms with Gasteiger partial charge in [-0.3, -0.25) is 4.90 Å². The maximum absolute atomic E-state index is 6.71. The van der Waals surface area contributed by atoms with Crippen molar-refractivity contribution in [3.63, 3.8) is 0 Å². The minimum absolute atomic E-state index is 0.153. The van der Waals surface area contributed by atoms with E-state index in [2.05, 4.69) is 64.4 Å². The fourth-order valence-electron chi connectivity index (χ4n) is 5.37. The molecule has 3 fully saturated rings. The molecule has 166 valence electrons. The van der Waals surface area contributed by atoms with Crippen LogP contribution in [0.2, 0.25) is 0 Å². The molecule has 0 amide bonds. The molecule has 3 aliphatic rings. The SMILES string of the molecule is COc1ccc(CN2CC(C3CCN(CCc4ccccc4)CC3)OC3(CC3)C2)cc1. The van der Waals surface area contributed by atoms with Crippen molar-refractivity contribution < 1.29 is 9.47 Å². The zero-order valence-electron chi connectivity index (χ0n) is 18.8. The molecule has 1 spiro atoms. The van der Waals surface area contributed by atoms with Gasteiger partial charge in [-0.15, -0.1) is 0 Å². The molecule has 0 N–H and O–H groups in total. The third-order valence-electron chi connectivity index (χ3n) is 7.44. The normalized spacial score (nSPS) is 24.4. The molecule has 1 unspecified atom stereocenters. The van der Waals surface area contributed by atoms with E-state index in [0.29, 0.717) is 12.0 Å². The van der Waals surface area contributed by atoms with Gasteiger partial charge in [-0.2, -0.15) is 0 Å². The molecule has 4 heteroatoms. The number of rotatable bonds is 7. The number of ether oxygens (including phenoxy) is 2. The summed E-state index contributed by atoms with van der Waals surface area (Å²) in [6.07, 6.45) is 6.56. The van der Waals surface area contributed by atoms with Crippen molar-refractivity contribution in [2.75, 3.05) is 39.8 Å². The van der Waals surface area contributed by atoms with Crippen LogP contribution in [-0.4, -0.2) is 61.3 Å². The quantitative estimate of drug-likeness (QED) is 0.664. The third kappa shape index (κ3) is 5.31. The molecule has 2 aromatic carbocycles. The first-order chi connectivity index (χ1) is 15.2. The Hall–Kier alpha value is -1.88. The van der Waals surface area contributed by atoms with Gasteiger partial charge in [-0.1, -0.05) is 42.5 Å². The Morgan fingerprint density at radius 1 is 0.935 bits per heavy atom. The summed E-state index contributed by atoms with van der Waals surface area (Å²) in [6, 6.07) is 19.4. The highest BCUT2D eigenvalue weighted by atomic mass is 16.5. The highest BCUT2D eigenvalue weighted by Gasteiger charge is 2.51. The van der Waals surface area contributed by atoms with Gasteiger partial charge in [0, 0.05) is 26.2 Å². The van der Waals surface area contributed by atoms with Crippen molar-refractivity contribution in [2.45, 2.75) is 50.4 Å². The van der Waals surface area contributed by atoms with Crippen molar-refractivity contribution in [2.24, 2.45) is 5.92 Å². The van der Waals surface area contributed by atoms with Gasteiger partial charge >= 0.3 is 0 Å². The number of nitrogens with zero attached hydrogens (tertiary/aromatic N) is 2. The fourth-order valence-corrected chi connectivity index (χ4v) is 5.37. The standard InChI is InChI=1S/C27H36N2O2/c1-30-25-9-7-23(8-10-25)19-29-20-26(31-27(21-29)14-15-27)24-12-17-28(18-13-24)16-11-22-5-3-2-4-6-22/h2-10,24,26H,11-21H2,1H3. The molecule has 1 aliphatic carbocycles. The summed E-state index contributed by atoms with van der Waals surface area (Å²) in [5.74, 6) is 1.63. The Labute approximate surface area is 187 Å². The number of methoxy groups -OCH3 is 1. The predicted octanol–water partition coefficient (Wildman–Crippen LogP) is 4.38. The Bertz CT molecular complexity index is 826. The average molecular weight is 421 g/mol. The number of benzene rings is 2. The summed E-state index contributed by atoms with van der Waals surface area (Å²) in [4.78, 5) is 5.29. The van der Waals surface area contributed by atoms with E-state index >= 15 is 0 Å². The van der Waals surface area contributed by atoms with Gasteiger partial charge in [-0.25, -0.2) is 0 Å². The van der Waals surface area contributed by atoms with Gasteiger partial charge in [0.1, 0.15) is 5.75 Å². The molecule has 1 atom stereocenters. The summed E-state index contributed by atoms with van der Waals surface area (Å²) >= 11 is 0. The second-order valence-electron chi connectivity index (χ2n) is 9.77. The van der Waals surface area contributed by atoms with Crippen LogP contribution in [-0.2, 0) is 17.7 Å². The van der Waals surface area contributed by atoms with E-state index in [4.69, 9.17) is 9.47 Å². The average Bonchev–Trinajstić information content (AvgIpc) is 3.56. The maximum atomic E-state index is 6.71. The fraction of sp³-hybridized carbons (Fsp3) is 0.556. The van der Waals surface area contributed by atoms with E-state index in [0.717, 1.165) is 31.8 Å². The van der Waals surface area contributed by atoms with E-state index < -0.39 is 0 Å². The molecule has 0 radical (unpaired) electrons. The van der Waals surface area contributed by atoms with Crippen LogP contribution in [0.3, 0.4) is 0 Å². The van der Waals surface area contributed by atoms with Crippen LogP contribution in [0.5, 0.6) is 5.75 Å². The van der Waals surface area contributed by atoms with Gasteiger partial charge in [0.05, 0.1) is 18.8 Å². The largest absolute Gasteiger partial charge is 0.497 e.